The van der Waals surface area contributed by atoms with Crippen molar-refractivity contribution in [2.24, 2.45) is 45.3 Å². The quantitative estimate of drug-likeness (QED) is 0.110. The number of aliphatic hydroxyl groups excluding tert-OH is 10. The maximum absolute atomic E-state index is 12.6. The summed E-state index contributed by atoms with van der Waals surface area (Å²) < 4.78 is 25.4. The Morgan fingerprint density at radius 1 is 0.750 bits per heavy atom. The Balaban J connectivity index is 1.39. The van der Waals surface area contributed by atoms with Crippen LogP contribution < -0.4 is 0 Å². The molecule has 10 N–H and O–H groups in total. The molecule has 4 saturated carbocycles. The molecule has 0 aromatic rings. The maximum Gasteiger partial charge on any atom is 0.187 e. The van der Waals surface area contributed by atoms with Gasteiger partial charge in [0, 0.05) is 0 Å². The highest BCUT2D eigenvalue weighted by Crippen LogP contribution is 2.76. The summed E-state index contributed by atoms with van der Waals surface area (Å²) in [4.78, 5) is 0. The Kier molecular flexibility index (Phi) is 12.7. The van der Waals surface area contributed by atoms with Crippen LogP contribution in [0.2, 0.25) is 0 Å². The number of aliphatic hydroxyl groups is 10. The topological polar surface area (TPSA) is 239 Å². The summed E-state index contributed by atoms with van der Waals surface area (Å²) >= 11 is 0. The van der Waals surface area contributed by atoms with Crippen LogP contribution in [0.15, 0.2) is 11.6 Å². The Labute approximate surface area is 331 Å². The van der Waals surface area contributed by atoms with Gasteiger partial charge in [0.1, 0.15) is 48.8 Å². The van der Waals surface area contributed by atoms with E-state index in [0.717, 1.165) is 12.0 Å². The van der Waals surface area contributed by atoms with Crippen LogP contribution in [0.1, 0.15) is 107 Å². The van der Waals surface area contributed by atoms with Gasteiger partial charge in [-0.05, 0) is 117 Å². The summed E-state index contributed by atoms with van der Waals surface area (Å²) in [5.74, 6) is -0.781. The Morgan fingerprint density at radius 2 is 1.32 bits per heavy atom. The van der Waals surface area contributed by atoms with E-state index in [-0.39, 0.29) is 23.7 Å². The SMILES string of the molecule is CC(C)=CCC[C@](C)(O[C@@H]1O[C@H](CO)[C@@H](O)[C@H](O)[C@H]1O)C1CC[C@]2(C)[C@@H]1[C@H](O)C[C@@H]1[C@@]3(C)CC[C@H](O)C(C)(C)[C@@H]3[C@@H](O[C@@H]3O[C@H](CO)[C@@H](O)[C@H](O)[C@H]3O)C[C@]12C. The van der Waals surface area contributed by atoms with Gasteiger partial charge in [0.2, 0.25) is 0 Å². The molecule has 21 atom stereocenters. The molecule has 2 saturated heterocycles. The van der Waals surface area contributed by atoms with Gasteiger partial charge in [0.25, 0.3) is 0 Å². The van der Waals surface area contributed by atoms with E-state index >= 15 is 0 Å². The first-order valence-electron chi connectivity index (χ1n) is 21.0. The molecule has 2 heterocycles. The summed E-state index contributed by atoms with van der Waals surface area (Å²) in [7, 11) is 0. The van der Waals surface area contributed by atoms with Gasteiger partial charge in [-0.2, -0.15) is 0 Å². The number of allylic oxidation sites excluding steroid dienone is 2. The Hall–Kier alpha value is -0.820. The van der Waals surface area contributed by atoms with Crippen molar-refractivity contribution in [2.75, 3.05) is 13.2 Å². The first kappa shape index (κ1) is 44.7. The summed E-state index contributed by atoms with van der Waals surface area (Å²) in [6.45, 7) is 15.7. The van der Waals surface area contributed by atoms with Crippen molar-refractivity contribution < 1.29 is 70.0 Å². The highest BCUT2D eigenvalue weighted by molar-refractivity contribution is 5.22. The summed E-state index contributed by atoms with van der Waals surface area (Å²) in [6.07, 6.45) is -9.52. The van der Waals surface area contributed by atoms with E-state index in [1.807, 2.05) is 34.6 Å². The minimum absolute atomic E-state index is 0.000258. The van der Waals surface area contributed by atoms with Crippen molar-refractivity contribution in [3.05, 3.63) is 11.6 Å². The van der Waals surface area contributed by atoms with Gasteiger partial charge in [-0.3, -0.25) is 0 Å². The van der Waals surface area contributed by atoms with E-state index < -0.39 is 120 Å². The summed E-state index contributed by atoms with van der Waals surface area (Å²) in [5, 5.41) is 109. The molecule has 0 bridgehead atoms. The number of hydrogen-bond acceptors (Lipinski definition) is 14. The average molecular weight is 801 g/mol. The third kappa shape index (κ3) is 7.06. The van der Waals surface area contributed by atoms with E-state index in [1.54, 1.807) is 0 Å². The van der Waals surface area contributed by atoms with Gasteiger partial charge in [-0.1, -0.05) is 46.3 Å². The number of ether oxygens (including phenoxy) is 4. The molecule has 4 aliphatic carbocycles. The van der Waals surface area contributed by atoms with Crippen molar-refractivity contribution in [1.29, 1.82) is 0 Å². The molecule has 14 heteroatoms. The lowest BCUT2D eigenvalue weighted by molar-refractivity contribution is -0.349. The zero-order valence-corrected chi connectivity index (χ0v) is 34.6. The molecule has 6 aliphatic rings. The predicted octanol–water partition coefficient (Wildman–Crippen LogP) is 1.12. The lowest BCUT2D eigenvalue weighted by Gasteiger charge is -2.72. The van der Waals surface area contributed by atoms with E-state index in [9.17, 15) is 51.1 Å². The van der Waals surface area contributed by atoms with Gasteiger partial charge in [-0.15, -0.1) is 0 Å². The molecule has 0 spiro atoms. The van der Waals surface area contributed by atoms with Crippen molar-refractivity contribution in [3.63, 3.8) is 0 Å². The smallest absolute Gasteiger partial charge is 0.187 e. The van der Waals surface area contributed by atoms with E-state index in [0.29, 0.717) is 44.9 Å². The van der Waals surface area contributed by atoms with Crippen LogP contribution in [0, 0.1) is 45.3 Å². The Morgan fingerprint density at radius 3 is 1.89 bits per heavy atom. The third-order valence-corrected chi connectivity index (χ3v) is 16.6. The van der Waals surface area contributed by atoms with Crippen LogP contribution in [0.5, 0.6) is 0 Å². The minimum Gasteiger partial charge on any atom is -0.394 e. The normalized spacial score (nSPS) is 52.6. The molecule has 14 nitrogen and oxygen atoms in total. The fourth-order valence-electron chi connectivity index (χ4n) is 13.5. The molecule has 0 aromatic carbocycles. The van der Waals surface area contributed by atoms with Crippen molar-refractivity contribution in [1.82, 2.24) is 0 Å². The zero-order chi connectivity index (χ0) is 41.5. The second kappa shape index (κ2) is 15.9. The third-order valence-electron chi connectivity index (χ3n) is 16.6. The van der Waals surface area contributed by atoms with E-state index in [4.69, 9.17) is 18.9 Å². The van der Waals surface area contributed by atoms with Crippen LogP contribution in [-0.2, 0) is 18.9 Å². The van der Waals surface area contributed by atoms with Gasteiger partial charge in [0.05, 0.1) is 37.1 Å². The van der Waals surface area contributed by atoms with Crippen molar-refractivity contribution in [2.45, 2.75) is 192 Å². The number of rotatable bonds is 10. The molecule has 2 aliphatic heterocycles. The van der Waals surface area contributed by atoms with Crippen LogP contribution in [0.3, 0.4) is 0 Å². The molecule has 6 rings (SSSR count). The second-order valence-electron chi connectivity index (χ2n) is 20.2. The highest BCUT2D eigenvalue weighted by atomic mass is 16.7. The molecular weight excluding hydrogens is 728 g/mol. The monoisotopic (exact) mass is 800 g/mol. The largest absolute Gasteiger partial charge is 0.394 e. The van der Waals surface area contributed by atoms with Crippen LogP contribution in [0.4, 0.5) is 0 Å². The van der Waals surface area contributed by atoms with Crippen LogP contribution in [-0.4, -0.2) is 150 Å². The molecule has 324 valence electrons. The lowest BCUT2D eigenvalue weighted by Crippen LogP contribution is -2.71. The zero-order valence-electron chi connectivity index (χ0n) is 34.6. The van der Waals surface area contributed by atoms with Gasteiger partial charge < -0.3 is 70.0 Å². The molecule has 6 fully saturated rings. The number of fused-ring (bicyclic) bond motifs is 5. The predicted molar refractivity (Wildman–Crippen MR) is 202 cm³/mol. The Bertz CT molecular complexity index is 1400. The molecule has 0 radical (unpaired) electrons. The first-order chi connectivity index (χ1) is 26.0. The molecule has 0 amide bonds. The van der Waals surface area contributed by atoms with Gasteiger partial charge >= 0.3 is 0 Å². The average Bonchev–Trinajstić information content (AvgIpc) is 3.52. The van der Waals surface area contributed by atoms with Gasteiger partial charge in [0.15, 0.2) is 12.6 Å². The maximum atomic E-state index is 12.6. The fraction of sp³-hybridized carbons (Fsp3) is 0.952. The lowest BCUT2D eigenvalue weighted by atomic mass is 9.34. The van der Waals surface area contributed by atoms with Crippen molar-refractivity contribution >= 4 is 0 Å². The fourth-order valence-corrected chi connectivity index (χ4v) is 13.5. The summed E-state index contributed by atoms with van der Waals surface area (Å²) in [6, 6.07) is 0. The summed E-state index contributed by atoms with van der Waals surface area (Å²) in [5.41, 5.74) is -1.92. The highest BCUT2D eigenvalue weighted by Gasteiger charge is 2.74. The standard InChI is InChI=1S/C42H72O14/c1-20(2)10-9-13-42(8,56-37-34(52)32(50)30(48)25(19-44)55-37)21-11-15-40(6)28(21)22(45)16-26-39(5)14-12-27(46)38(3,4)35(39)23(17-41(26,40)7)53-36-33(51)31(49)29(47)24(18-43)54-36/h10,21-37,43-52H,9,11-19H2,1-8H3/t21?,22-,23+,24-,25-,26-,27+,28+,29-,30-,31+,32+,33-,34-,35+,36-,37+,39-,40-,41-,42+/m1/s1. The molecule has 0 aromatic heterocycles. The van der Waals surface area contributed by atoms with E-state index in [2.05, 4.69) is 26.8 Å². The molecular formula is C42H72O14. The van der Waals surface area contributed by atoms with Crippen molar-refractivity contribution in [3.8, 4) is 0 Å². The van der Waals surface area contributed by atoms with Crippen LogP contribution in [0.25, 0.3) is 0 Å². The second-order valence-corrected chi connectivity index (χ2v) is 20.2. The molecule has 56 heavy (non-hydrogen) atoms. The van der Waals surface area contributed by atoms with Crippen LogP contribution >= 0.6 is 0 Å². The first-order valence-corrected chi connectivity index (χ1v) is 21.0. The van der Waals surface area contributed by atoms with E-state index in [1.165, 1.54) is 0 Å². The molecule has 1 unspecified atom stereocenters. The number of hydrogen-bond donors (Lipinski definition) is 10. The van der Waals surface area contributed by atoms with Gasteiger partial charge in [-0.25, -0.2) is 0 Å². The minimum atomic E-state index is -1.61.